The van der Waals surface area contributed by atoms with Crippen molar-refractivity contribution >= 4 is 5.97 Å². The molecule has 4 heteroatoms. The summed E-state index contributed by atoms with van der Waals surface area (Å²) in [7, 11) is 0. The highest BCUT2D eigenvalue weighted by molar-refractivity contribution is 5.86. The Morgan fingerprint density at radius 3 is 2.62 bits per heavy atom. The molecular weight excluding hydrogens is 170 g/mol. The Balaban J connectivity index is 3.74. The van der Waals surface area contributed by atoms with Gasteiger partial charge in [-0.05, 0) is 13.3 Å². The molecule has 0 saturated heterocycles. The molecule has 0 saturated carbocycles. The fourth-order valence-corrected chi connectivity index (χ4v) is 0.870. The van der Waals surface area contributed by atoms with Crippen LogP contribution in [0, 0.1) is 0 Å². The van der Waals surface area contributed by atoms with Crippen LogP contribution in [0.1, 0.15) is 20.3 Å². The molecule has 0 rings (SSSR count). The summed E-state index contributed by atoms with van der Waals surface area (Å²) in [4.78, 5) is 10.5. The van der Waals surface area contributed by atoms with E-state index in [1.807, 2.05) is 0 Å². The Labute approximate surface area is 78.3 Å². The largest absolute Gasteiger partial charge is 0.478 e. The Hall–Kier alpha value is -0.870. The molecule has 3 N–H and O–H groups in total. The maximum Gasteiger partial charge on any atom is 0.331 e. The summed E-state index contributed by atoms with van der Waals surface area (Å²) in [6.45, 7) is 4.44. The standard InChI is InChI=1S/C9H17NO3/c1-3-8(9(12)13)4-5-10-6-7(2)11/h4,7,10-11H,3,5-6H2,1-2H3,(H,12,13). The average molecular weight is 187 g/mol. The number of carboxylic acids is 1. The van der Waals surface area contributed by atoms with Crippen LogP contribution in [0.25, 0.3) is 0 Å². The van der Waals surface area contributed by atoms with Crippen molar-refractivity contribution in [2.75, 3.05) is 13.1 Å². The van der Waals surface area contributed by atoms with Gasteiger partial charge >= 0.3 is 5.97 Å². The van der Waals surface area contributed by atoms with Crippen LogP contribution in [0.4, 0.5) is 0 Å². The summed E-state index contributed by atoms with van der Waals surface area (Å²) in [5.74, 6) is -0.874. The van der Waals surface area contributed by atoms with Crippen LogP contribution in [0.3, 0.4) is 0 Å². The van der Waals surface area contributed by atoms with Crippen molar-refractivity contribution in [1.82, 2.24) is 5.32 Å². The summed E-state index contributed by atoms with van der Waals surface area (Å²) >= 11 is 0. The van der Waals surface area contributed by atoms with Crippen LogP contribution in [0.2, 0.25) is 0 Å². The first-order valence-electron chi connectivity index (χ1n) is 4.39. The molecule has 0 radical (unpaired) electrons. The minimum atomic E-state index is -0.874. The van der Waals surface area contributed by atoms with Gasteiger partial charge in [0, 0.05) is 18.7 Å². The zero-order valence-corrected chi connectivity index (χ0v) is 8.08. The number of hydrogen-bond donors (Lipinski definition) is 3. The molecule has 13 heavy (non-hydrogen) atoms. The molecule has 0 aliphatic heterocycles. The number of carbonyl (C=O) groups is 1. The molecule has 0 spiro atoms. The lowest BCUT2D eigenvalue weighted by Gasteiger charge is -2.04. The van der Waals surface area contributed by atoms with E-state index >= 15 is 0 Å². The van der Waals surface area contributed by atoms with E-state index in [0.717, 1.165) is 0 Å². The van der Waals surface area contributed by atoms with Crippen LogP contribution in [0.15, 0.2) is 11.6 Å². The molecule has 0 heterocycles. The van der Waals surface area contributed by atoms with Gasteiger partial charge in [0.15, 0.2) is 0 Å². The van der Waals surface area contributed by atoms with Crippen LogP contribution >= 0.6 is 0 Å². The Kier molecular flexibility index (Phi) is 6.18. The van der Waals surface area contributed by atoms with Crippen LogP contribution in [-0.2, 0) is 4.79 Å². The SMILES string of the molecule is CCC(=CCNCC(C)O)C(=O)O. The summed E-state index contributed by atoms with van der Waals surface area (Å²) < 4.78 is 0. The molecule has 0 bridgehead atoms. The number of aliphatic hydroxyl groups is 1. The lowest BCUT2D eigenvalue weighted by molar-refractivity contribution is -0.132. The molecule has 0 aromatic rings. The third kappa shape index (κ3) is 6.31. The second-order valence-electron chi connectivity index (χ2n) is 2.90. The van der Waals surface area contributed by atoms with E-state index in [-0.39, 0.29) is 0 Å². The summed E-state index contributed by atoms with van der Waals surface area (Å²) in [6, 6.07) is 0. The number of rotatable bonds is 6. The topological polar surface area (TPSA) is 69.6 Å². The predicted octanol–water partition coefficient (Wildman–Crippen LogP) is 0.378. The molecule has 0 aliphatic rings. The third-order valence-corrected chi connectivity index (χ3v) is 1.59. The van der Waals surface area contributed by atoms with Crippen LogP contribution < -0.4 is 5.32 Å². The molecule has 76 valence electrons. The molecule has 4 nitrogen and oxygen atoms in total. The second-order valence-corrected chi connectivity index (χ2v) is 2.90. The molecule has 0 aliphatic carbocycles. The fraction of sp³-hybridized carbons (Fsp3) is 0.667. The average Bonchev–Trinajstić information content (AvgIpc) is 2.03. The first-order chi connectivity index (χ1) is 6.07. The van der Waals surface area contributed by atoms with E-state index in [2.05, 4.69) is 5.32 Å². The highest BCUT2D eigenvalue weighted by Gasteiger charge is 2.02. The van der Waals surface area contributed by atoms with Gasteiger partial charge in [0.25, 0.3) is 0 Å². The Morgan fingerprint density at radius 1 is 1.62 bits per heavy atom. The van der Waals surface area contributed by atoms with Crippen molar-refractivity contribution < 1.29 is 15.0 Å². The first kappa shape index (κ1) is 12.1. The lowest BCUT2D eigenvalue weighted by atomic mass is 10.2. The van der Waals surface area contributed by atoms with Gasteiger partial charge in [0.1, 0.15) is 0 Å². The van der Waals surface area contributed by atoms with Crippen LogP contribution in [-0.4, -0.2) is 35.4 Å². The molecule has 0 aromatic heterocycles. The van der Waals surface area contributed by atoms with Gasteiger partial charge in [-0.3, -0.25) is 0 Å². The third-order valence-electron chi connectivity index (χ3n) is 1.59. The summed E-state index contributed by atoms with van der Waals surface area (Å²) in [6.07, 6.45) is 1.75. The zero-order valence-electron chi connectivity index (χ0n) is 8.08. The van der Waals surface area contributed by atoms with Gasteiger partial charge in [0.05, 0.1) is 6.10 Å². The van der Waals surface area contributed by atoms with Gasteiger partial charge in [0.2, 0.25) is 0 Å². The second kappa shape index (κ2) is 6.62. The molecular formula is C9H17NO3. The Bertz CT molecular complexity index is 187. The highest BCUT2D eigenvalue weighted by Crippen LogP contribution is 1.98. The number of aliphatic carboxylic acids is 1. The lowest BCUT2D eigenvalue weighted by Crippen LogP contribution is -2.24. The van der Waals surface area contributed by atoms with Crippen molar-refractivity contribution in [3.8, 4) is 0 Å². The van der Waals surface area contributed by atoms with Crippen LogP contribution in [0.5, 0.6) is 0 Å². The minimum absolute atomic E-state index is 0.400. The maximum atomic E-state index is 10.5. The van der Waals surface area contributed by atoms with Crippen molar-refractivity contribution in [2.45, 2.75) is 26.4 Å². The van der Waals surface area contributed by atoms with E-state index in [1.165, 1.54) is 0 Å². The predicted molar refractivity (Wildman–Crippen MR) is 50.6 cm³/mol. The van der Waals surface area contributed by atoms with E-state index in [1.54, 1.807) is 19.9 Å². The molecule has 0 fully saturated rings. The van der Waals surface area contributed by atoms with Gasteiger partial charge in [-0.25, -0.2) is 4.79 Å². The monoisotopic (exact) mass is 187 g/mol. The van der Waals surface area contributed by atoms with Crippen molar-refractivity contribution in [3.63, 3.8) is 0 Å². The number of aliphatic hydroxyl groups excluding tert-OH is 1. The molecule has 0 amide bonds. The van der Waals surface area contributed by atoms with Gasteiger partial charge in [-0.2, -0.15) is 0 Å². The quantitative estimate of drug-likeness (QED) is 0.415. The van der Waals surface area contributed by atoms with E-state index < -0.39 is 12.1 Å². The number of hydrogen-bond acceptors (Lipinski definition) is 3. The molecule has 1 unspecified atom stereocenters. The van der Waals surface area contributed by atoms with E-state index in [0.29, 0.717) is 25.1 Å². The maximum absolute atomic E-state index is 10.5. The number of carboxylic acid groups (broad SMARTS) is 1. The van der Waals surface area contributed by atoms with Crippen molar-refractivity contribution in [3.05, 3.63) is 11.6 Å². The van der Waals surface area contributed by atoms with Gasteiger partial charge < -0.3 is 15.5 Å². The summed E-state index contributed by atoms with van der Waals surface area (Å²) in [5, 5.41) is 20.4. The Morgan fingerprint density at radius 2 is 2.23 bits per heavy atom. The molecule has 0 aromatic carbocycles. The number of nitrogens with one attached hydrogen (secondary N) is 1. The van der Waals surface area contributed by atoms with E-state index in [4.69, 9.17) is 10.2 Å². The minimum Gasteiger partial charge on any atom is -0.478 e. The highest BCUT2D eigenvalue weighted by atomic mass is 16.4. The van der Waals surface area contributed by atoms with Crippen molar-refractivity contribution in [1.29, 1.82) is 0 Å². The van der Waals surface area contributed by atoms with Crippen molar-refractivity contribution in [2.24, 2.45) is 0 Å². The fourth-order valence-electron chi connectivity index (χ4n) is 0.870. The van der Waals surface area contributed by atoms with Gasteiger partial charge in [-0.15, -0.1) is 0 Å². The normalized spacial score (nSPS) is 14.2. The van der Waals surface area contributed by atoms with Gasteiger partial charge in [-0.1, -0.05) is 13.0 Å². The molecule has 1 atom stereocenters. The smallest absolute Gasteiger partial charge is 0.331 e. The van der Waals surface area contributed by atoms with E-state index in [9.17, 15) is 4.79 Å². The summed E-state index contributed by atoms with van der Waals surface area (Å²) in [5.41, 5.74) is 0.401. The zero-order chi connectivity index (χ0) is 10.3. The first-order valence-corrected chi connectivity index (χ1v) is 4.39.